The summed E-state index contributed by atoms with van der Waals surface area (Å²) in [5, 5.41) is 0. The van der Waals surface area contributed by atoms with Crippen molar-refractivity contribution >= 4 is 17.6 Å². The highest BCUT2D eigenvalue weighted by molar-refractivity contribution is 6.19. The Hall–Kier alpha value is -1.84. The van der Waals surface area contributed by atoms with Crippen LogP contribution in [-0.2, 0) is 4.79 Å². The Morgan fingerprint density at radius 3 is 2.58 bits per heavy atom. The highest BCUT2D eigenvalue weighted by Crippen LogP contribution is 2.29. The largest absolute Gasteiger partial charge is 0.332 e. The molecule has 2 fully saturated rings. The molecule has 0 radical (unpaired) electrons. The molecule has 100 valence electrons. The van der Waals surface area contributed by atoms with Crippen LogP contribution in [0.15, 0.2) is 24.3 Å². The first-order chi connectivity index (χ1) is 9.16. The van der Waals surface area contributed by atoms with Crippen molar-refractivity contribution in [3.63, 3.8) is 0 Å². The monoisotopic (exact) mass is 258 g/mol. The molecule has 0 spiro atoms. The molecule has 4 heteroatoms. The van der Waals surface area contributed by atoms with Crippen molar-refractivity contribution in [2.45, 2.75) is 38.6 Å². The van der Waals surface area contributed by atoms with Crippen molar-refractivity contribution in [3.05, 3.63) is 29.8 Å². The molecule has 1 aromatic carbocycles. The van der Waals surface area contributed by atoms with Crippen LogP contribution < -0.4 is 4.90 Å². The minimum absolute atomic E-state index is 0.109. The zero-order valence-electron chi connectivity index (χ0n) is 11.1. The lowest BCUT2D eigenvalue weighted by atomic mass is 10.2. The van der Waals surface area contributed by atoms with Gasteiger partial charge in [-0.25, -0.2) is 9.69 Å². The Morgan fingerprint density at radius 1 is 1.16 bits per heavy atom. The Balaban J connectivity index is 1.86. The normalized spacial score (nSPS) is 20.7. The van der Waals surface area contributed by atoms with Gasteiger partial charge in [0.1, 0.15) is 6.54 Å². The Labute approximate surface area is 113 Å². The number of carbonyl (C=O) groups is 2. The van der Waals surface area contributed by atoms with Gasteiger partial charge in [-0.1, -0.05) is 25.0 Å². The number of nitrogens with zero attached hydrogens (tertiary/aromatic N) is 2. The average Bonchev–Trinajstić information content (AvgIpc) is 2.97. The number of carbonyl (C=O) groups excluding carboxylic acids is 2. The Kier molecular flexibility index (Phi) is 3.01. The third kappa shape index (κ3) is 2.11. The molecule has 1 aromatic rings. The fourth-order valence-corrected chi connectivity index (χ4v) is 3.04. The predicted octanol–water partition coefficient (Wildman–Crippen LogP) is 2.71. The lowest BCUT2D eigenvalue weighted by Crippen LogP contribution is -2.38. The number of benzene rings is 1. The van der Waals surface area contributed by atoms with Gasteiger partial charge in [-0.15, -0.1) is 0 Å². The second-order valence-corrected chi connectivity index (χ2v) is 5.42. The average molecular weight is 258 g/mol. The summed E-state index contributed by atoms with van der Waals surface area (Å²) in [4.78, 5) is 27.6. The maximum atomic E-state index is 12.4. The number of urea groups is 1. The van der Waals surface area contributed by atoms with E-state index < -0.39 is 0 Å². The first-order valence-electron chi connectivity index (χ1n) is 6.87. The van der Waals surface area contributed by atoms with E-state index in [2.05, 4.69) is 0 Å². The smallest absolute Gasteiger partial charge is 0.312 e. The van der Waals surface area contributed by atoms with E-state index >= 15 is 0 Å². The summed E-state index contributed by atoms with van der Waals surface area (Å²) in [6, 6.07) is 7.65. The van der Waals surface area contributed by atoms with Gasteiger partial charge >= 0.3 is 6.03 Å². The molecular weight excluding hydrogens is 240 g/mol. The number of amides is 3. The molecule has 1 aliphatic heterocycles. The van der Waals surface area contributed by atoms with Crippen LogP contribution in [0.4, 0.5) is 10.5 Å². The van der Waals surface area contributed by atoms with Gasteiger partial charge in [0.15, 0.2) is 0 Å². The van der Waals surface area contributed by atoms with Gasteiger partial charge in [-0.05, 0) is 37.5 Å². The zero-order valence-corrected chi connectivity index (χ0v) is 11.1. The summed E-state index contributed by atoms with van der Waals surface area (Å²) in [5.41, 5.74) is 1.74. The molecule has 0 bridgehead atoms. The molecule has 0 aromatic heterocycles. The summed E-state index contributed by atoms with van der Waals surface area (Å²) >= 11 is 0. The van der Waals surface area contributed by atoms with Crippen molar-refractivity contribution in [3.8, 4) is 0 Å². The number of hydrogen-bond acceptors (Lipinski definition) is 2. The molecule has 1 aliphatic carbocycles. The predicted molar refractivity (Wildman–Crippen MR) is 73.0 cm³/mol. The van der Waals surface area contributed by atoms with E-state index in [1.807, 2.05) is 31.2 Å². The molecule has 2 aliphatic rings. The maximum absolute atomic E-state index is 12.4. The second kappa shape index (κ2) is 4.68. The minimum Gasteiger partial charge on any atom is -0.312 e. The van der Waals surface area contributed by atoms with Gasteiger partial charge in [-0.3, -0.25) is 4.79 Å². The summed E-state index contributed by atoms with van der Waals surface area (Å²) in [6.07, 6.45) is 4.38. The van der Waals surface area contributed by atoms with Gasteiger partial charge in [0, 0.05) is 6.04 Å². The standard InChI is InChI=1S/C15H18N2O2/c1-11-5-4-8-13(9-11)17-14(18)10-16(15(17)19)12-6-2-3-7-12/h4-5,8-9,12H,2-3,6-7,10H2,1H3. The third-order valence-electron chi connectivity index (χ3n) is 4.02. The van der Waals surface area contributed by atoms with E-state index in [0.29, 0.717) is 5.69 Å². The van der Waals surface area contributed by atoms with E-state index in [0.717, 1.165) is 31.2 Å². The van der Waals surface area contributed by atoms with Crippen LogP contribution in [0.2, 0.25) is 0 Å². The number of aryl methyl sites for hydroxylation is 1. The van der Waals surface area contributed by atoms with Gasteiger partial charge in [0.05, 0.1) is 5.69 Å². The van der Waals surface area contributed by atoms with Crippen molar-refractivity contribution in [2.75, 3.05) is 11.4 Å². The van der Waals surface area contributed by atoms with Gasteiger partial charge in [0.2, 0.25) is 0 Å². The molecule has 4 nitrogen and oxygen atoms in total. The van der Waals surface area contributed by atoms with E-state index in [1.165, 1.54) is 4.90 Å². The third-order valence-corrected chi connectivity index (χ3v) is 4.02. The van der Waals surface area contributed by atoms with Crippen LogP contribution in [0.25, 0.3) is 0 Å². The lowest BCUT2D eigenvalue weighted by molar-refractivity contribution is -0.116. The van der Waals surface area contributed by atoms with Crippen molar-refractivity contribution in [1.82, 2.24) is 4.90 Å². The van der Waals surface area contributed by atoms with Crippen LogP contribution in [0.1, 0.15) is 31.2 Å². The Morgan fingerprint density at radius 2 is 1.89 bits per heavy atom. The summed E-state index contributed by atoms with van der Waals surface area (Å²) in [6.45, 7) is 2.20. The summed E-state index contributed by atoms with van der Waals surface area (Å²) in [7, 11) is 0. The van der Waals surface area contributed by atoms with Gasteiger partial charge in [-0.2, -0.15) is 0 Å². The lowest BCUT2D eigenvalue weighted by Gasteiger charge is -2.23. The number of hydrogen-bond donors (Lipinski definition) is 0. The topological polar surface area (TPSA) is 40.6 Å². The Bertz CT molecular complexity index is 521. The molecule has 3 amide bonds. The van der Waals surface area contributed by atoms with Crippen LogP contribution in [0.5, 0.6) is 0 Å². The van der Waals surface area contributed by atoms with Crippen LogP contribution in [-0.4, -0.2) is 29.4 Å². The van der Waals surface area contributed by atoms with E-state index in [9.17, 15) is 9.59 Å². The van der Waals surface area contributed by atoms with E-state index in [1.54, 1.807) is 4.90 Å². The van der Waals surface area contributed by atoms with E-state index in [-0.39, 0.29) is 24.5 Å². The highest BCUT2D eigenvalue weighted by atomic mass is 16.2. The highest BCUT2D eigenvalue weighted by Gasteiger charge is 2.41. The fourth-order valence-electron chi connectivity index (χ4n) is 3.04. The molecule has 0 atom stereocenters. The first-order valence-corrected chi connectivity index (χ1v) is 6.87. The first kappa shape index (κ1) is 12.2. The summed E-state index contributed by atoms with van der Waals surface area (Å²) in [5.74, 6) is -0.109. The van der Waals surface area contributed by atoms with E-state index in [4.69, 9.17) is 0 Å². The van der Waals surface area contributed by atoms with Crippen LogP contribution >= 0.6 is 0 Å². The van der Waals surface area contributed by atoms with Crippen molar-refractivity contribution in [2.24, 2.45) is 0 Å². The molecule has 0 unspecified atom stereocenters. The quantitative estimate of drug-likeness (QED) is 0.765. The molecule has 19 heavy (non-hydrogen) atoms. The van der Waals surface area contributed by atoms with Crippen LogP contribution in [0, 0.1) is 6.92 Å². The molecule has 1 saturated heterocycles. The number of imide groups is 1. The van der Waals surface area contributed by atoms with Crippen molar-refractivity contribution in [1.29, 1.82) is 0 Å². The zero-order chi connectivity index (χ0) is 13.4. The maximum Gasteiger partial charge on any atom is 0.332 e. The van der Waals surface area contributed by atoms with Gasteiger partial charge < -0.3 is 4.90 Å². The SMILES string of the molecule is Cc1cccc(N2C(=O)CN(C3CCCC3)C2=O)c1. The van der Waals surface area contributed by atoms with Gasteiger partial charge in [0.25, 0.3) is 5.91 Å². The molecule has 1 heterocycles. The van der Waals surface area contributed by atoms with Crippen LogP contribution in [0.3, 0.4) is 0 Å². The molecule has 3 rings (SSSR count). The number of anilines is 1. The number of rotatable bonds is 2. The molecule has 1 saturated carbocycles. The minimum atomic E-state index is -0.150. The fraction of sp³-hybridized carbons (Fsp3) is 0.467. The summed E-state index contributed by atoms with van der Waals surface area (Å²) < 4.78 is 0. The molecular formula is C15H18N2O2. The second-order valence-electron chi connectivity index (χ2n) is 5.42. The molecule has 0 N–H and O–H groups in total. The van der Waals surface area contributed by atoms with Crippen molar-refractivity contribution < 1.29 is 9.59 Å².